The van der Waals surface area contributed by atoms with Crippen LogP contribution < -0.4 is 15.4 Å². The minimum atomic E-state index is -3.78. The van der Waals surface area contributed by atoms with Crippen molar-refractivity contribution in [3.05, 3.63) is 60.2 Å². The van der Waals surface area contributed by atoms with Crippen LogP contribution in [0.25, 0.3) is 0 Å². The molecule has 2 aromatic rings. The molecule has 0 spiro atoms. The van der Waals surface area contributed by atoms with Crippen LogP contribution in [-0.2, 0) is 21.4 Å². The molecule has 1 saturated heterocycles. The van der Waals surface area contributed by atoms with Crippen LogP contribution in [0, 0.1) is 0 Å². The van der Waals surface area contributed by atoms with Crippen LogP contribution in [0.1, 0.15) is 12.0 Å². The molecule has 0 aromatic heterocycles. The fraction of sp³-hybridized carbons (Fsp3) is 0.278. The van der Waals surface area contributed by atoms with Crippen molar-refractivity contribution < 1.29 is 22.0 Å². The summed E-state index contributed by atoms with van der Waals surface area (Å²) in [6.07, 6.45) is -0.554. The van der Waals surface area contributed by atoms with E-state index >= 15 is 0 Å². The zero-order chi connectivity index (χ0) is 19.5. The van der Waals surface area contributed by atoms with Gasteiger partial charge in [0.15, 0.2) is 0 Å². The molecule has 10 heteroatoms. The van der Waals surface area contributed by atoms with E-state index in [1.165, 1.54) is 12.1 Å². The molecule has 2 aromatic carbocycles. The molecule has 1 aliphatic rings. The zero-order valence-corrected chi connectivity index (χ0v) is 16.3. The molecule has 6 nitrogen and oxygen atoms in total. The fourth-order valence-electron chi connectivity index (χ4n) is 2.78. The summed E-state index contributed by atoms with van der Waals surface area (Å²) in [6, 6.07) is 13.5. The number of hydrogen-bond donors (Lipinski definition) is 3. The molecule has 1 aliphatic heterocycles. The van der Waals surface area contributed by atoms with Gasteiger partial charge in [0.05, 0.1) is 23.2 Å². The second-order valence-corrected chi connectivity index (χ2v) is 7.97. The van der Waals surface area contributed by atoms with E-state index in [4.69, 9.17) is 0 Å². The molecule has 152 valence electrons. The van der Waals surface area contributed by atoms with Gasteiger partial charge in [0, 0.05) is 13.0 Å². The number of sulfonamides is 1. The number of para-hydroxylation sites is 1. The third-order valence-electron chi connectivity index (χ3n) is 4.19. The molecule has 0 radical (unpaired) electrons. The van der Waals surface area contributed by atoms with Gasteiger partial charge in [-0.15, -0.1) is 12.4 Å². The van der Waals surface area contributed by atoms with E-state index in [9.17, 15) is 22.0 Å². The Balaban J connectivity index is 0.00000280. The Hall–Kier alpha value is -2.23. The first kappa shape index (κ1) is 22.1. The standard InChI is InChI=1S/C18H19F2N3O3S.ClH/c19-18(20)10-16(22-12-18)17(24)21-11-13-6-4-5-9-15(13)23-27(25,26)14-7-2-1-3-8-14;/h1-9,16,22-23H,10-12H2,(H,21,24);1H. The normalized spacial score (nSPS) is 18.1. The predicted octanol–water partition coefficient (Wildman–Crippen LogP) is 2.52. The van der Waals surface area contributed by atoms with E-state index in [1.54, 1.807) is 42.5 Å². The van der Waals surface area contributed by atoms with Gasteiger partial charge in [-0.3, -0.25) is 14.8 Å². The van der Waals surface area contributed by atoms with Gasteiger partial charge >= 0.3 is 0 Å². The van der Waals surface area contributed by atoms with Crippen molar-refractivity contribution in [3.8, 4) is 0 Å². The van der Waals surface area contributed by atoms with E-state index < -0.39 is 40.9 Å². The number of anilines is 1. The van der Waals surface area contributed by atoms with Gasteiger partial charge in [-0.1, -0.05) is 36.4 Å². The quantitative estimate of drug-likeness (QED) is 0.656. The van der Waals surface area contributed by atoms with Crippen LogP contribution in [0.15, 0.2) is 59.5 Å². The summed E-state index contributed by atoms with van der Waals surface area (Å²) in [7, 11) is -3.78. The van der Waals surface area contributed by atoms with E-state index in [2.05, 4.69) is 15.4 Å². The number of rotatable bonds is 6. The van der Waals surface area contributed by atoms with Crippen LogP contribution in [0.2, 0.25) is 0 Å². The van der Waals surface area contributed by atoms with Gasteiger partial charge in [0.25, 0.3) is 15.9 Å². The van der Waals surface area contributed by atoms with Crippen LogP contribution in [0.5, 0.6) is 0 Å². The Kier molecular flexibility index (Phi) is 6.97. The summed E-state index contributed by atoms with van der Waals surface area (Å²) in [5, 5.41) is 5.06. The van der Waals surface area contributed by atoms with Gasteiger partial charge in [-0.25, -0.2) is 17.2 Å². The largest absolute Gasteiger partial charge is 0.351 e. The number of halogens is 3. The highest BCUT2D eigenvalue weighted by Crippen LogP contribution is 2.25. The van der Waals surface area contributed by atoms with Crippen molar-refractivity contribution in [2.24, 2.45) is 0 Å². The number of carbonyl (C=O) groups is 1. The second kappa shape index (κ2) is 8.85. The van der Waals surface area contributed by atoms with Crippen LogP contribution in [0.4, 0.5) is 14.5 Å². The van der Waals surface area contributed by atoms with Crippen LogP contribution >= 0.6 is 12.4 Å². The minimum absolute atomic E-state index is 0. The first-order valence-electron chi connectivity index (χ1n) is 8.32. The Morgan fingerprint density at radius 1 is 1.11 bits per heavy atom. The van der Waals surface area contributed by atoms with Crippen molar-refractivity contribution in [1.82, 2.24) is 10.6 Å². The van der Waals surface area contributed by atoms with Gasteiger partial charge < -0.3 is 5.32 Å². The molecule has 1 amide bonds. The average Bonchev–Trinajstić information content (AvgIpc) is 3.01. The van der Waals surface area contributed by atoms with E-state index in [-0.39, 0.29) is 23.8 Å². The second-order valence-electron chi connectivity index (χ2n) is 6.29. The highest BCUT2D eigenvalue weighted by atomic mass is 35.5. The lowest BCUT2D eigenvalue weighted by Gasteiger charge is -2.15. The summed E-state index contributed by atoms with van der Waals surface area (Å²) in [4.78, 5) is 12.2. The molecule has 0 bridgehead atoms. The SMILES string of the molecule is Cl.O=C(NCc1ccccc1NS(=O)(=O)c1ccccc1)C1CC(F)(F)CN1. The lowest BCUT2D eigenvalue weighted by molar-refractivity contribution is -0.123. The third kappa shape index (κ3) is 5.40. The lowest BCUT2D eigenvalue weighted by Crippen LogP contribution is -2.40. The number of hydrogen-bond acceptors (Lipinski definition) is 4. The molecule has 0 saturated carbocycles. The molecule has 1 atom stereocenters. The number of alkyl halides is 2. The number of carbonyl (C=O) groups excluding carboxylic acids is 1. The molecule has 3 N–H and O–H groups in total. The maximum Gasteiger partial charge on any atom is 0.262 e. The third-order valence-corrected chi connectivity index (χ3v) is 5.58. The van der Waals surface area contributed by atoms with E-state index in [1.807, 2.05) is 0 Å². The van der Waals surface area contributed by atoms with Crippen LogP contribution in [0.3, 0.4) is 0 Å². The van der Waals surface area contributed by atoms with Gasteiger partial charge in [-0.05, 0) is 23.8 Å². The van der Waals surface area contributed by atoms with Crippen molar-refractivity contribution in [3.63, 3.8) is 0 Å². The van der Waals surface area contributed by atoms with Gasteiger partial charge in [-0.2, -0.15) is 0 Å². The first-order valence-corrected chi connectivity index (χ1v) is 9.80. The Bertz CT molecular complexity index is 927. The monoisotopic (exact) mass is 431 g/mol. The summed E-state index contributed by atoms with van der Waals surface area (Å²) in [5.74, 6) is -3.45. The number of nitrogens with one attached hydrogen (secondary N) is 3. The molecular formula is C18H20ClF2N3O3S. The molecule has 3 rings (SSSR count). The first-order chi connectivity index (χ1) is 12.8. The molecular weight excluding hydrogens is 412 g/mol. The minimum Gasteiger partial charge on any atom is -0.351 e. The van der Waals surface area contributed by atoms with E-state index in [0.29, 0.717) is 11.3 Å². The zero-order valence-electron chi connectivity index (χ0n) is 14.7. The smallest absolute Gasteiger partial charge is 0.262 e. The number of benzene rings is 2. The Morgan fingerprint density at radius 2 is 1.75 bits per heavy atom. The molecule has 1 fully saturated rings. The highest BCUT2D eigenvalue weighted by molar-refractivity contribution is 7.92. The fourth-order valence-corrected chi connectivity index (χ4v) is 3.91. The average molecular weight is 432 g/mol. The summed E-state index contributed by atoms with van der Waals surface area (Å²) in [5.41, 5.74) is 0.835. The van der Waals surface area contributed by atoms with Crippen molar-refractivity contribution in [1.29, 1.82) is 0 Å². The molecule has 1 heterocycles. The Labute approximate surface area is 168 Å². The predicted molar refractivity (Wildman–Crippen MR) is 104 cm³/mol. The maximum absolute atomic E-state index is 13.2. The van der Waals surface area contributed by atoms with Crippen molar-refractivity contribution in [2.75, 3.05) is 11.3 Å². The van der Waals surface area contributed by atoms with Crippen molar-refractivity contribution >= 4 is 34.0 Å². The molecule has 28 heavy (non-hydrogen) atoms. The lowest BCUT2D eigenvalue weighted by atomic mass is 10.1. The molecule has 0 aliphatic carbocycles. The van der Waals surface area contributed by atoms with E-state index in [0.717, 1.165) is 0 Å². The molecule has 1 unspecified atom stereocenters. The summed E-state index contributed by atoms with van der Waals surface area (Å²) in [6.45, 7) is -0.519. The highest BCUT2D eigenvalue weighted by Gasteiger charge is 2.42. The number of amides is 1. The summed E-state index contributed by atoms with van der Waals surface area (Å²) >= 11 is 0. The topological polar surface area (TPSA) is 87.3 Å². The van der Waals surface area contributed by atoms with Gasteiger partial charge in [0.1, 0.15) is 0 Å². The maximum atomic E-state index is 13.2. The van der Waals surface area contributed by atoms with Gasteiger partial charge in [0.2, 0.25) is 5.91 Å². The summed E-state index contributed by atoms with van der Waals surface area (Å²) < 4.78 is 53.9. The van der Waals surface area contributed by atoms with Crippen LogP contribution in [-0.4, -0.2) is 32.8 Å². The van der Waals surface area contributed by atoms with Crippen molar-refractivity contribution in [2.45, 2.75) is 29.8 Å². The Morgan fingerprint density at radius 3 is 2.39 bits per heavy atom.